The molecule has 1 N–H and O–H groups in total. The van der Waals surface area contributed by atoms with Crippen molar-refractivity contribution in [3.05, 3.63) is 75.8 Å². The number of nitrogens with zero attached hydrogens (tertiary/aromatic N) is 1. The van der Waals surface area contributed by atoms with E-state index in [1.54, 1.807) is 19.2 Å². The molecule has 2 aromatic carbocycles. The Bertz CT molecular complexity index is 1000. The van der Waals surface area contributed by atoms with E-state index in [0.29, 0.717) is 31.0 Å². The monoisotopic (exact) mass is 368 g/mol. The van der Waals surface area contributed by atoms with Crippen LogP contribution in [0.4, 0.5) is 4.39 Å². The van der Waals surface area contributed by atoms with Crippen LogP contribution in [0.5, 0.6) is 5.75 Å². The van der Waals surface area contributed by atoms with Crippen LogP contribution in [-0.2, 0) is 11.3 Å². The number of morpholine rings is 1. The number of pyridine rings is 1. The van der Waals surface area contributed by atoms with Crippen LogP contribution in [0, 0.1) is 5.82 Å². The molecule has 0 radical (unpaired) electrons. The first-order valence-electron chi connectivity index (χ1n) is 8.92. The van der Waals surface area contributed by atoms with E-state index in [-0.39, 0.29) is 17.5 Å². The van der Waals surface area contributed by atoms with Gasteiger partial charge >= 0.3 is 0 Å². The van der Waals surface area contributed by atoms with E-state index in [1.165, 1.54) is 12.1 Å². The summed E-state index contributed by atoms with van der Waals surface area (Å²) in [5.74, 6) is 0.451. The molecule has 1 aliphatic heterocycles. The minimum absolute atomic E-state index is 0.0967. The van der Waals surface area contributed by atoms with Gasteiger partial charge in [0.1, 0.15) is 11.6 Å². The predicted molar refractivity (Wildman–Crippen MR) is 101 cm³/mol. The second-order valence-electron chi connectivity index (χ2n) is 6.72. The molecule has 1 unspecified atom stereocenters. The molecular formula is C21H21FN2O3. The third kappa shape index (κ3) is 3.86. The summed E-state index contributed by atoms with van der Waals surface area (Å²) in [6.07, 6.45) is -0.122. The molecule has 0 bridgehead atoms. The second kappa shape index (κ2) is 7.50. The molecule has 27 heavy (non-hydrogen) atoms. The van der Waals surface area contributed by atoms with Crippen molar-refractivity contribution in [2.24, 2.45) is 0 Å². The third-order valence-electron chi connectivity index (χ3n) is 4.92. The molecule has 0 aliphatic carbocycles. The van der Waals surface area contributed by atoms with Crippen molar-refractivity contribution in [2.75, 3.05) is 26.8 Å². The molecule has 0 saturated carbocycles. The normalized spacial score (nSPS) is 17.9. The molecule has 1 aliphatic rings. The average molecular weight is 368 g/mol. The van der Waals surface area contributed by atoms with Gasteiger partial charge in [0.05, 0.1) is 25.3 Å². The van der Waals surface area contributed by atoms with Crippen molar-refractivity contribution in [3.63, 3.8) is 0 Å². The summed E-state index contributed by atoms with van der Waals surface area (Å²) in [5, 5.41) is 0.966. The zero-order valence-electron chi connectivity index (χ0n) is 15.1. The highest BCUT2D eigenvalue weighted by Crippen LogP contribution is 2.24. The Balaban J connectivity index is 1.53. The molecule has 0 spiro atoms. The Morgan fingerprint density at radius 2 is 2.04 bits per heavy atom. The van der Waals surface area contributed by atoms with Crippen molar-refractivity contribution in [3.8, 4) is 5.75 Å². The fourth-order valence-corrected chi connectivity index (χ4v) is 3.44. The number of aromatic amines is 1. The van der Waals surface area contributed by atoms with E-state index in [2.05, 4.69) is 9.88 Å². The van der Waals surface area contributed by atoms with E-state index >= 15 is 0 Å². The molecule has 1 saturated heterocycles. The van der Waals surface area contributed by atoms with Crippen LogP contribution >= 0.6 is 0 Å². The molecule has 6 heteroatoms. The highest BCUT2D eigenvalue weighted by atomic mass is 19.1. The summed E-state index contributed by atoms with van der Waals surface area (Å²) in [7, 11) is 1.60. The number of methoxy groups -OCH3 is 1. The number of halogens is 1. The lowest BCUT2D eigenvalue weighted by molar-refractivity contribution is -0.0330. The van der Waals surface area contributed by atoms with Gasteiger partial charge in [-0.05, 0) is 41.3 Å². The van der Waals surface area contributed by atoms with Crippen LogP contribution in [0.15, 0.2) is 53.3 Å². The number of benzene rings is 2. The SMILES string of the molecule is COc1ccc2cc(CN3CCOC(c4ccc(F)cc4)C3)c(=O)[nH]c2c1. The van der Waals surface area contributed by atoms with Crippen molar-refractivity contribution < 1.29 is 13.9 Å². The molecule has 1 atom stereocenters. The Morgan fingerprint density at radius 1 is 1.22 bits per heavy atom. The van der Waals surface area contributed by atoms with Crippen molar-refractivity contribution in [2.45, 2.75) is 12.6 Å². The molecular weight excluding hydrogens is 347 g/mol. The van der Waals surface area contributed by atoms with Crippen LogP contribution in [0.25, 0.3) is 10.9 Å². The van der Waals surface area contributed by atoms with Crippen molar-refractivity contribution in [1.29, 1.82) is 0 Å². The molecule has 140 valence electrons. The second-order valence-corrected chi connectivity index (χ2v) is 6.72. The topological polar surface area (TPSA) is 54.6 Å². The third-order valence-corrected chi connectivity index (χ3v) is 4.92. The molecule has 3 aromatic rings. The standard InChI is InChI=1S/C21H21FN2O3/c1-26-18-7-4-15-10-16(21(25)23-19(15)11-18)12-24-8-9-27-20(13-24)14-2-5-17(22)6-3-14/h2-7,10-11,20H,8-9,12-13H2,1H3,(H,23,25). The number of H-pyrrole nitrogens is 1. The summed E-state index contributed by atoms with van der Waals surface area (Å²) in [6.45, 7) is 2.52. The lowest BCUT2D eigenvalue weighted by Gasteiger charge is -2.33. The Kier molecular flexibility index (Phi) is 4.92. The quantitative estimate of drug-likeness (QED) is 0.768. The van der Waals surface area contributed by atoms with Gasteiger partial charge in [0, 0.05) is 31.3 Å². The minimum Gasteiger partial charge on any atom is -0.497 e. The summed E-state index contributed by atoms with van der Waals surface area (Å²) >= 11 is 0. The van der Waals surface area contributed by atoms with Gasteiger partial charge in [-0.2, -0.15) is 0 Å². The van der Waals surface area contributed by atoms with Gasteiger partial charge < -0.3 is 14.5 Å². The van der Waals surface area contributed by atoms with Gasteiger partial charge in [-0.15, -0.1) is 0 Å². The zero-order valence-corrected chi connectivity index (χ0v) is 15.1. The van der Waals surface area contributed by atoms with Crippen LogP contribution in [0.2, 0.25) is 0 Å². The average Bonchev–Trinajstić information content (AvgIpc) is 2.69. The van der Waals surface area contributed by atoms with E-state index < -0.39 is 0 Å². The fourth-order valence-electron chi connectivity index (χ4n) is 3.44. The molecule has 0 amide bonds. The summed E-state index contributed by atoms with van der Waals surface area (Å²) in [4.78, 5) is 17.6. The number of rotatable bonds is 4. The maximum atomic E-state index is 13.1. The molecule has 2 heterocycles. The maximum absolute atomic E-state index is 13.1. The number of aromatic nitrogens is 1. The van der Waals surface area contributed by atoms with E-state index in [9.17, 15) is 9.18 Å². The number of nitrogens with one attached hydrogen (secondary N) is 1. The highest BCUT2D eigenvalue weighted by molar-refractivity contribution is 5.80. The number of ether oxygens (including phenoxy) is 2. The van der Waals surface area contributed by atoms with Crippen LogP contribution in [0.1, 0.15) is 17.2 Å². The Labute approximate surface area is 156 Å². The van der Waals surface area contributed by atoms with Crippen LogP contribution in [-0.4, -0.2) is 36.7 Å². The lowest BCUT2D eigenvalue weighted by atomic mass is 10.1. The number of fused-ring (bicyclic) bond motifs is 1. The maximum Gasteiger partial charge on any atom is 0.252 e. The van der Waals surface area contributed by atoms with Gasteiger partial charge in [0.2, 0.25) is 0 Å². The van der Waals surface area contributed by atoms with Gasteiger partial charge in [0.25, 0.3) is 5.56 Å². The Morgan fingerprint density at radius 3 is 2.81 bits per heavy atom. The van der Waals surface area contributed by atoms with Crippen LogP contribution in [0.3, 0.4) is 0 Å². The predicted octanol–water partition coefficient (Wildman–Crippen LogP) is 3.25. The molecule has 1 fully saturated rings. The lowest BCUT2D eigenvalue weighted by Crippen LogP contribution is -2.39. The van der Waals surface area contributed by atoms with Gasteiger partial charge in [-0.3, -0.25) is 9.69 Å². The first kappa shape index (κ1) is 17.7. The van der Waals surface area contributed by atoms with Gasteiger partial charge in [0.15, 0.2) is 0 Å². The first-order valence-corrected chi connectivity index (χ1v) is 8.92. The van der Waals surface area contributed by atoms with Crippen LogP contribution < -0.4 is 10.3 Å². The van der Waals surface area contributed by atoms with E-state index in [1.807, 2.05) is 24.3 Å². The van der Waals surface area contributed by atoms with E-state index in [0.717, 1.165) is 23.0 Å². The first-order chi connectivity index (χ1) is 13.1. The number of hydrogen-bond acceptors (Lipinski definition) is 4. The Hall–Kier alpha value is -2.70. The van der Waals surface area contributed by atoms with Crippen molar-refractivity contribution in [1.82, 2.24) is 9.88 Å². The molecule has 1 aromatic heterocycles. The molecule has 4 rings (SSSR count). The summed E-state index contributed by atoms with van der Waals surface area (Å²) < 4.78 is 24.2. The smallest absolute Gasteiger partial charge is 0.252 e. The summed E-state index contributed by atoms with van der Waals surface area (Å²) in [5.41, 5.74) is 2.32. The largest absolute Gasteiger partial charge is 0.497 e. The fraction of sp³-hybridized carbons (Fsp3) is 0.286. The van der Waals surface area contributed by atoms with Gasteiger partial charge in [-0.25, -0.2) is 4.39 Å². The highest BCUT2D eigenvalue weighted by Gasteiger charge is 2.22. The summed E-state index contributed by atoms with van der Waals surface area (Å²) in [6, 6.07) is 14.0. The number of hydrogen-bond donors (Lipinski definition) is 1. The zero-order chi connectivity index (χ0) is 18.8. The molecule has 5 nitrogen and oxygen atoms in total. The van der Waals surface area contributed by atoms with Crippen molar-refractivity contribution >= 4 is 10.9 Å². The minimum atomic E-state index is -0.259. The van der Waals surface area contributed by atoms with Gasteiger partial charge in [-0.1, -0.05) is 12.1 Å². The van der Waals surface area contributed by atoms with E-state index in [4.69, 9.17) is 9.47 Å².